The summed E-state index contributed by atoms with van der Waals surface area (Å²) in [5.74, 6) is 1.66. The molecule has 2 aromatic rings. The summed E-state index contributed by atoms with van der Waals surface area (Å²) in [5, 5.41) is 3.95. The number of nitrogens with one attached hydrogen (secondary N) is 1. The van der Waals surface area contributed by atoms with Crippen molar-refractivity contribution in [2.24, 2.45) is 0 Å². The van der Waals surface area contributed by atoms with Gasteiger partial charge in [0.1, 0.15) is 18.1 Å². The molecule has 0 saturated carbocycles. The molecule has 0 fully saturated rings. The summed E-state index contributed by atoms with van der Waals surface area (Å²) in [6.07, 6.45) is 0. The Morgan fingerprint density at radius 1 is 1.00 bits per heavy atom. The molecule has 0 aliphatic carbocycles. The van der Waals surface area contributed by atoms with E-state index in [4.69, 9.17) is 21.1 Å². The van der Waals surface area contributed by atoms with Crippen LogP contribution >= 0.6 is 11.6 Å². The second kappa shape index (κ2) is 7.17. The number of hydrogen-bond donors (Lipinski definition) is 1. The number of halogens is 1. The Morgan fingerprint density at radius 3 is 2.15 bits per heavy atom. The summed E-state index contributed by atoms with van der Waals surface area (Å²) in [5.41, 5.74) is 1.15. The summed E-state index contributed by atoms with van der Waals surface area (Å²) in [7, 11) is 3.58. The summed E-state index contributed by atoms with van der Waals surface area (Å²) < 4.78 is 10.9. The van der Waals surface area contributed by atoms with E-state index in [1.165, 1.54) is 0 Å². The normalized spacial score (nSPS) is 11.9. The maximum absolute atomic E-state index is 5.85. The van der Waals surface area contributed by atoms with Crippen LogP contribution in [0.5, 0.6) is 11.5 Å². The van der Waals surface area contributed by atoms with Crippen molar-refractivity contribution in [3.63, 3.8) is 0 Å². The van der Waals surface area contributed by atoms with Crippen molar-refractivity contribution in [2.75, 3.05) is 20.8 Å². The summed E-state index contributed by atoms with van der Waals surface area (Å²) in [6.45, 7) is 0.546. The number of benzene rings is 2. The fraction of sp³-hybridized carbons (Fsp3) is 0.250. The Balaban J connectivity index is 1.99. The molecule has 0 amide bonds. The first-order valence-electron chi connectivity index (χ1n) is 6.42. The highest BCUT2D eigenvalue weighted by atomic mass is 35.5. The van der Waals surface area contributed by atoms with Crippen LogP contribution in [0.4, 0.5) is 0 Å². The standard InChI is InChI=1S/C16H18ClNO2/c1-18-16(12-3-7-14(19-2)8-4-12)11-20-15-9-5-13(17)6-10-15/h3-10,16,18H,11H2,1-2H3. The summed E-state index contributed by atoms with van der Waals surface area (Å²) in [4.78, 5) is 0. The van der Waals surface area contributed by atoms with Gasteiger partial charge in [-0.2, -0.15) is 0 Å². The molecule has 1 atom stereocenters. The monoisotopic (exact) mass is 291 g/mol. The van der Waals surface area contributed by atoms with E-state index in [0.717, 1.165) is 17.1 Å². The van der Waals surface area contributed by atoms with Gasteiger partial charge < -0.3 is 14.8 Å². The van der Waals surface area contributed by atoms with Gasteiger partial charge in [-0.1, -0.05) is 23.7 Å². The lowest BCUT2D eigenvalue weighted by atomic mass is 10.1. The van der Waals surface area contributed by atoms with Crippen molar-refractivity contribution >= 4 is 11.6 Å². The van der Waals surface area contributed by atoms with Gasteiger partial charge in [0.2, 0.25) is 0 Å². The molecular weight excluding hydrogens is 274 g/mol. The van der Waals surface area contributed by atoms with E-state index in [1.54, 1.807) is 7.11 Å². The fourth-order valence-electron chi connectivity index (χ4n) is 1.89. The third-order valence-corrected chi connectivity index (χ3v) is 3.35. The minimum absolute atomic E-state index is 0.122. The maximum atomic E-state index is 5.85. The molecule has 1 unspecified atom stereocenters. The van der Waals surface area contributed by atoms with Gasteiger partial charge in [-0.25, -0.2) is 0 Å². The predicted molar refractivity (Wildman–Crippen MR) is 81.7 cm³/mol. The highest BCUT2D eigenvalue weighted by Gasteiger charge is 2.10. The topological polar surface area (TPSA) is 30.5 Å². The second-order valence-electron chi connectivity index (χ2n) is 4.38. The SMILES string of the molecule is CNC(COc1ccc(Cl)cc1)c1ccc(OC)cc1. The third-order valence-electron chi connectivity index (χ3n) is 3.10. The smallest absolute Gasteiger partial charge is 0.119 e. The molecule has 0 bridgehead atoms. The van der Waals surface area contributed by atoms with Crippen LogP contribution in [0.2, 0.25) is 5.02 Å². The fourth-order valence-corrected chi connectivity index (χ4v) is 2.02. The Hall–Kier alpha value is -1.71. The quantitative estimate of drug-likeness (QED) is 0.880. The zero-order valence-electron chi connectivity index (χ0n) is 11.6. The van der Waals surface area contributed by atoms with Crippen molar-refractivity contribution in [3.05, 3.63) is 59.1 Å². The molecular formula is C16H18ClNO2. The van der Waals surface area contributed by atoms with Crippen LogP contribution in [0, 0.1) is 0 Å². The van der Waals surface area contributed by atoms with Crippen molar-refractivity contribution in [3.8, 4) is 11.5 Å². The molecule has 0 aromatic heterocycles. The number of ether oxygens (including phenoxy) is 2. The third kappa shape index (κ3) is 3.89. The van der Waals surface area contributed by atoms with Crippen molar-refractivity contribution < 1.29 is 9.47 Å². The Kier molecular flexibility index (Phi) is 5.27. The average molecular weight is 292 g/mol. The molecule has 4 heteroatoms. The van der Waals surface area contributed by atoms with Crippen LogP contribution in [-0.4, -0.2) is 20.8 Å². The van der Waals surface area contributed by atoms with E-state index in [2.05, 4.69) is 5.32 Å². The van der Waals surface area contributed by atoms with E-state index in [1.807, 2.05) is 55.6 Å². The lowest BCUT2D eigenvalue weighted by molar-refractivity contribution is 0.273. The van der Waals surface area contributed by atoms with E-state index in [9.17, 15) is 0 Å². The minimum Gasteiger partial charge on any atom is -0.497 e. The molecule has 0 heterocycles. The molecule has 3 nitrogen and oxygen atoms in total. The van der Waals surface area contributed by atoms with Crippen molar-refractivity contribution in [1.29, 1.82) is 0 Å². The molecule has 20 heavy (non-hydrogen) atoms. The largest absolute Gasteiger partial charge is 0.497 e. The predicted octanol–water partition coefficient (Wildman–Crippen LogP) is 3.69. The number of likely N-dealkylation sites (N-methyl/N-ethyl adjacent to an activating group) is 1. The lowest BCUT2D eigenvalue weighted by Gasteiger charge is -2.18. The first-order chi connectivity index (χ1) is 9.72. The minimum atomic E-state index is 0.122. The van der Waals surface area contributed by atoms with Crippen LogP contribution in [0.3, 0.4) is 0 Å². The van der Waals surface area contributed by atoms with Crippen LogP contribution in [-0.2, 0) is 0 Å². The van der Waals surface area contributed by atoms with Gasteiger partial charge in [-0.05, 0) is 49.0 Å². The zero-order chi connectivity index (χ0) is 14.4. The molecule has 0 aliphatic rings. The van der Waals surface area contributed by atoms with E-state index in [-0.39, 0.29) is 6.04 Å². The van der Waals surface area contributed by atoms with E-state index < -0.39 is 0 Å². The number of rotatable bonds is 6. The molecule has 106 valence electrons. The molecule has 1 N–H and O–H groups in total. The Morgan fingerprint density at radius 2 is 1.60 bits per heavy atom. The van der Waals surface area contributed by atoms with Gasteiger partial charge in [-0.15, -0.1) is 0 Å². The number of methoxy groups -OCH3 is 1. The van der Waals surface area contributed by atoms with Crippen LogP contribution in [0.15, 0.2) is 48.5 Å². The summed E-state index contributed by atoms with van der Waals surface area (Å²) >= 11 is 5.85. The van der Waals surface area contributed by atoms with Crippen LogP contribution < -0.4 is 14.8 Å². The van der Waals surface area contributed by atoms with E-state index in [0.29, 0.717) is 11.6 Å². The second-order valence-corrected chi connectivity index (χ2v) is 4.82. The van der Waals surface area contributed by atoms with Gasteiger partial charge in [0.05, 0.1) is 13.2 Å². The maximum Gasteiger partial charge on any atom is 0.119 e. The van der Waals surface area contributed by atoms with E-state index >= 15 is 0 Å². The molecule has 0 aliphatic heterocycles. The van der Waals surface area contributed by atoms with Crippen molar-refractivity contribution in [2.45, 2.75) is 6.04 Å². The Bertz CT molecular complexity index is 525. The van der Waals surface area contributed by atoms with Crippen LogP contribution in [0.25, 0.3) is 0 Å². The lowest BCUT2D eigenvalue weighted by Crippen LogP contribution is -2.23. The zero-order valence-corrected chi connectivity index (χ0v) is 12.4. The molecule has 2 rings (SSSR count). The van der Waals surface area contributed by atoms with Gasteiger partial charge in [0.25, 0.3) is 0 Å². The Labute approximate surface area is 124 Å². The average Bonchev–Trinajstić information content (AvgIpc) is 2.50. The van der Waals surface area contributed by atoms with Gasteiger partial charge in [-0.3, -0.25) is 0 Å². The van der Waals surface area contributed by atoms with Gasteiger partial charge >= 0.3 is 0 Å². The van der Waals surface area contributed by atoms with Gasteiger partial charge in [0.15, 0.2) is 0 Å². The molecule has 0 radical (unpaired) electrons. The first-order valence-corrected chi connectivity index (χ1v) is 6.80. The first kappa shape index (κ1) is 14.7. The number of hydrogen-bond acceptors (Lipinski definition) is 3. The highest BCUT2D eigenvalue weighted by Crippen LogP contribution is 2.20. The van der Waals surface area contributed by atoms with Crippen molar-refractivity contribution in [1.82, 2.24) is 5.32 Å². The van der Waals surface area contributed by atoms with Crippen LogP contribution in [0.1, 0.15) is 11.6 Å². The van der Waals surface area contributed by atoms with Gasteiger partial charge in [0, 0.05) is 5.02 Å². The highest BCUT2D eigenvalue weighted by molar-refractivity contribution is 6.30. The molecule has 0 saturated heterocycles. The molecule has 2 aromatic carbocycles. The summed E-state index contributed by atoms with van der Waals surface area (Å²) in [6, 6.07) is 15.4. The molecule has 0 spiro atoms.